The van der Waals surface area contributed by atoms with Gasteiger partial charge in [0.25, 0.3) is 0 Å². The number of fused-ring (bicyclic) bond motifs is 1. The van der Waals surface area contributed by atoms with Gasteiger partial charge in [-0.15, -0.1) is 0 Å². The van der Waals surface area contributed by atoms with Crippen molar-refractivity contribution in [2.24, 2.45) is 0 Å². The highest BCUT2D eigenvalue weighted by Gasteiger charge is 2.02. The molecule has 0 saturated heterocycles. The Morgan fingerprint density at radius 2 is 2.21 bits per heavy atom. The summed E-state index contributed by atoms with van der Waals surface area (Å²) in [6, 6.07) is 5.76. The Kier molecular flexibility index (Phi) is 2.33. The Balaban J connectivity index is 2.81. The summed E-state index contributed by atoms with van der Waals surface area (Å²) in [5, 5.41) is 0.996. The average molecular weight is 250 g/mol. The third kappa shape index (κ3) is 1.44. The van der Waals surface area contributed by atoms with Crippen LogP contribution in [0.25, 0.3) is 10.9 Å². The van der Waals surface area contributed by atoms with Gasteiger partial charge in [0.2, 0.25) is 0 Å². The molecule has 0 aliphatic heterocycles. The molecule has 0 atom stereocenters. The summed E-state index contributed by atoms with van der Waals surface area (Å²) in [5.41, 5.74) is 2.64. The van der Waals surface area contributed by atoms with Crippen LogP contribution < -0.4 is 0 Å². The van der Waals surface area contributed by atoms with Crippen LogP contribution in [0.3, 0.4) is 0 Å². The van der Waals surface area contributed by atoms with Gasteiger partial charge in [-0.2, -0.15) is 0 Å². The molecule has 14 heavy (non-hydrogen) atoms. The summed E-state index contributed by atoms with van der Waals surface area (Å²) < 4.78 is 1.04. The molecule has 1 aromatic heterocycles. The van der Waals surface area contributed by atoms with E-state index in [1.54, 1.807) is 6.20 Å². The predicted molar refractivity (Wildman–Crippen MR) is 59.6 cm³/mol. The minimum Gasteiger partial charge on any atom is -0.298 e. The highest BCUT2D eigenvalue weighted by molar-refractivity contribution is 9.10. The highest BCUT2D eigenvalue weighted by atomic mass is 79.9. The molecular weight excluding hydrogens is 242 g/mol. The maximum absolute atomic E-state index is 10.6. The fourth-order valence-corrected chi connectivity index (χ4v) is 1.72. The van der Waals surface area contributed by atoms with E-state index < -0.39 is 0 Å². The van der Waals surface area contributed by atoms with E-state index in [1.807, 2.05) is 25.1 Å². The second kappa shape index (κ2) is 3.50. The van der Waals surface area contributed by atoms with Gasteiger partial charge < -0.3 is 0 Å². The summed E-state index contributed by atoms with van der Waals surface area (Å²) in [4.78, 5) is 14.8. The lowest BCUT2D eigenvalue weighted by molar-refractivity contribution is 0.112. The largest absolute Gasteiger partial charge is 0.298 e. The predicted octanol–water partition coefficient (Wildman–Crippen LogP) is 3.12. The molecule has 0 amide bonds. The van der Waals surface area contributed by atoms with Gasteiger partial charge in [-0.25, -0.2) is 0 Å². The number of rotatable bonds is 1. The second-order valence-corrected chi connectivity index (χ2v) is 3.98. The van der Waals surface area contributed by atoms with Crippen LogP contribution in [0.15, 0.2) is 28.9 Å². The van der Waals surface area contributed by atoms with E-state index in [9.17, 15) is 4.79 Å². The van der Waals surface area contributed by atoms with Crippen molar-refractivity contribution in [1.29, 1.82) is 0 Å². The molecule has 0 aliphatic rings. The summed E-state index contributed by atoms with van der Waals surface area (Å²) >= 11 is 3.44. The molecule has 0 unspecified atom stereocenters. The lowest BCUT2D eigenvalue weighted by atomic mass is 10.1. The minimum absolute atomic E-state index is 0.610. The molecule has 0 radical (unpaired) electrons. The molecule has 2 rings (SSSR count). The zero-order valence-corrected chi connectivity index (χ0v) is 9.21. The van der Waals surface area contributed by atoms with Gasteiger partial charge in [-0.1, -0.05) is 22.0 Å². The molecule has 2 nitrogen and oxygen atoms in total. The number of pyridine rings is 1. The molecule has 70 valence electrons. The van der Waals surface area contributed by atoms with Crippen LogP contribution in [-0.2, 0) is 0 Å². The third-order valence-electron chi connectivity index (χ3n) is 2.20. The summed E-state index contributed by atoms with van der Waals surface area (Å²) in [7, 11) is 0. The number of carbonyl (C=O) groups excluding carboxylic acids is 1. The van der Waals surface area contributed by atoms with E-state index in [0.717, 1.165) is 27.2 Å². The SMILES string of the molecule is Cc1c(Br)ccc2cc(C=O)cnc12. The maximum atomic E-state index is 10.6. The average Bonchev–Trinajstić information content (AvgIpc) is 2.23. The number of aldehydes is 1. The number of hydrogen-bond donors (Lipinski definition) is 0. The fourth-order valence-electron chi connectivity index (χ4n) is 1.40. The van der Waals surface area contributed by atoms with E-state index in [1.165, 1.54) is 0 Å². The van der Waals surface area contributed by atoms with E-state index in [-0.39, 0.29) is 0 Å². The van der Waals surface area contributed by atoms with Crippen molar-refractivity contribution in [2.75, 3.05) is 0 Å². The highest BCUT2D eigenvalue weighted by Crippen LogP contribution is 2.24. The Morgan fingerprint density at radius 1 is 1.43 bits per heavy atom. The number of aryl methyl sites for hydroxylation is 1. The Bertz CT molecular complexity index is 508. The molecule has 0 spiro atoms. The van der Waals surface area contributed by atoms with Crippen molar-refractivity contribution in [2.45, 2.75) is 6.92 Å². The first-order valence-electron chi connectivity index (χ1n) is 4.22. The summed E-state index contributed by atoms with van der Waals surface area (Å²) in [6.07, 6.45) is 2.40. The van der Waals surface area contributed by atoms with E-state index in [4.69, 9.17) is 0 Å². The molecule has 3 heteroatoms. The first kappa shape index (κ1) is 9.34. The molecule has 1 heterocycles. The van der Waals surface area contributed by atoms with Crippen LogP contribution in [0, 0.1) is 6.92 Å². The lowest BCUT2D eigenvalue weighted by Gasteiger charge is -2.03. The zero-order chi connectivity index (χ0) is 10.1. The van der Waals surface area contributed by atoms with Gasteiger partial charge in [0.15, 0.2) is 6.29 Å². The van der Waals surface area contributed by atoms with Gasteiger partial charge in [-0.3, -0.25) is 9.78 Å². The van der Waals surface area contributed by atoms with Gasteiger partial charge >= 0.3 is 0 Å². The fraction of sp³-hybridized carbons (Fsp3) is 0.0909. The minimum atomic E-state index is 0.610. The first-order valence-corrected chi connectivity index (χ1v) is 5.01. The summed E-state index contributed by atoms with van der Waals surface area (Å²) in [6.45, 7) is 2.00. The molecule has 2 aromatic rings. The molecule has 0 bridgehead atoms. The standard InChI is InChI=1S/C11H8BrNO/c1-7-10(12)3-2-9-4-8(6-14)5-13-11(7)9/h2-6H,1H3. The number of nitrogens with zero attached hydrogens (tertiary/aromatic N) is 1. The van der Waals surface area contributed by atoms with E-state index in [0.29, 0.717) is 5.56 Å². The van der Waals surface area contributed by atoms with Crippen molar-refractivity contribution >= 4 is 33.1 Å². The molecular formula is C11H8BrNO. The Labute approximate surface area is 90.1 Å². The molecule has 0 fully saturated rings. The summed E-state index contributed by atoms with van der Waals surface area (Å²) in [5.74, 6) is 0. The van der Waals surface area contributed by atoms with Crippen molar-refractivity contribution in [3.8, 4) is 0 Å². The van der Waals surface area contributed by atoms with Crippen molar-refractivity contribution in [1.82, 2.24) is 4.98 Å². The van der Waals surface area contributed by atoms with Crippen LogP contribution in [0.5, 0.6) is 0 Å². The number of carbonyl (C=O) groups is 1. The molecule has 0 saturated carbocycles. The Hall–Kier alpha value is -1.22. The van der Waals surface area contributed by atoms with Crippen molar-refractivity contribution in [3.05, 3.63) is 40.0 Å². The Morgan fingerprint density at radius 3 is 2.93 bits per heavy atom. The zero-order valence-electron chi connectivity index (χ0n) is 7.62. The number of hydrogen-bond acceptors (Lipinski definition) is 2. The van der Waals surface area contributed by atoms with Gasteiger partial charge in [0, 0.05) is 21.6 Å². The maximum Gasteiger partial charge on any atom is 0.151 e. The number of aromatic nitrogens is 1. The molecule has 0 N–H and O–H groups in total. The van der Waals surface area contributed by atoms with Crippen LogP contribution in [-0.4, -0.2) is 11.3 Å². The van der Waals surface area contributed by atoms with E-state index >= 15 is 0 Å². The van der Waals surface area contributed by atoms with Crippen LogP contribution >= 0.6 is 15.9 Å². The van der Waals surface area contributed by atoms with Crippen molar-refractivity contribution < 1.29 is 4.79 Å². The monoisotopic (exact) mass is 249 g/mol. The smallest absolute Gasteiger partial charge is 0.151 e. The molecule has 1 aromatic carbocycles. The van der Waals surface area contributed by atoms with Crippen LogP contribution in [0.4, 0.5) is 0 Å². The molecule has 0 aliphatic carbocycles. The number of halogens is 1. The number of benzene rings is 1. The van der Waals surface area contributed by atoms with Gasteiger partial charge in [-0.05, 0) is 24.6 Å². The van der Waals surface area contributed by atoms with Crippen molar-refractivity contribution in [3.63, 3.8) is 0 Å². The first-order chi connectivity index (χ1) is 6.72. The quantitative estimate of drug-likeness (QED) is 0.728. The van der Waals surface area contributed by atoms with Crippen LogP contribution in [0.2, 0.25) is 0 Å². The lowest BCUT2D eigenvalue weighted by Crippen LogP contribution is -1.88. The third-order valence-corrected chi connectivity index (χ3v) is 3.06. The van der Waals surface area contributed by atoms with Crippen LogP contribution in [0.1, 0.15) is 15.9 Å². The van der Waals surface area contributed by atoms with Gasteiger partial charge in [0.1, 0.15) is 0 Å². The topological polar surface area (TPSA) is 30.0 Å². The van der Waals surface area contributed by atoms with Gasteiger partial charge in [0.05, 0.1) is 5.52 Å². The van der Waals surface area contributed by atoms with E-state index in [2.05, 4.69) is 20.9 Å². The normalized spacial score (nSPS) is 10.4. The second-order valence-electron chi connectivity index (χ2n) is 3.13.